The number of hydrogen-bond donors (Lipinski definition) is 1. The van der Waals surface area contributed by atoms with E-state index in [1.165, 1.54) is 6.07 Å². The number of carbonyl (C=O) groups is 1. The Morgan fingerprint density at radius 3 is 2.86 bits per heavy atom. The van der Waals surface area contributed by atoms with Crippen LogP contribution < -0.4 is 10.2 Å². The Morgan fingerprint density at radius 2 is 2.19 bits per heavy atom. The summed E-state index contributed by atoms with van der Waals surface area (Å²) in [6, 6.07) is 5.17. The highest BCUT2D eigenvalue weighted by Crippen LogP contribution is 2.22. The number of rotatable bonds is 4. The lowest BCUT2D eigenvalue weighted by atomic mass is 9.97. The van der Waals surface area contributed by atoms with Crippen molar-refractivity contribution in [2.75, 3.05) is 44.3 Å². The summed E-state index contributed by atoms with van der Waals surface area (Å²) in [6.07, 6.45) is 1.09. The molecule has 114 valence electrons. The number of ether oxygens (including phenoxy) is 1. The number of nitrogens with one attached hydrogen (secondary N) is 1. The third kappa shape index (κ3) is 3.41. The third-order valence-corrected chi connectivity index (χ3v) is 4.23. The van der Waals surface area contributed by atoms with E-state index in [2.05, 4.69) is 5.32 Å². The smallest absolute Gasteiger partial charge is 0.146 e. The van der Waals surface area contributed by atoms with Crippen LogP contribution in [0.15, 0.2) is 18.2 Å². The number of nitrogens with zero attached hydrogens (tertiary/aromatic N) is 1. The molecule has 1 atom stereocenters. The van der Waals surface area contributed by atoms with E-state index in [1.807, 2.05) is 11.0 Å². The van der Waals surface area contributed by atoms with Crippen molar-refractivity contribution in [3.8, 4) is 0 Å². The maximum Gasteiger partial charge on any atom is 0.146 e. The van der Waals surface area contributed by atoms with Crippen LogP contribution in [-0.4, -0.2) is 45.2 Å². The Balaban J connectivity index is 1.67. The van der Waals surface area contributed by atoms with Gasteiger partial charge in [-0.2, -0.15) is 0 Å². The molecular formula is C16H21FN2O2. The van der Waals surface area contributed by atoms with Gasteiger partial charge in [0.05, 0.1) is 12.3 Å². The van der Waals surface area contributed by atoms with Crippen molar-refractivity contribution in [2.45, 2.75) is 12.8 Å². The minimum atomic E-state index is -0.232. The number of anilines is 1. The minimum absolute atomic E-state index is 0.0130. The van der Waals surface area contributed by atoms with Gasteiger partial charge >= 0.3 is 0 Å². The van der Waals surface area contributed by atoms with E-state index in [0.29, 0.717) is 25.3 Å². The zero-order valence-electron chi connectivity index (χ0n) is 12.1. The van der Waals surface area contributed by atoms with Crippen molar-refractivity contribution in [3.63, 3.8) is 0 Å². The fraction of sp³-hybridized carbons (Fsp3) is 0.562. The van der Waals surface area contributed by atoms with Gasteiger partial charge in [-0.3, -0.25) is 4.79 Å². The molecule has 5 heteroatoms. The standard InChI is InChI=1S/C16H21FN2O2/c17-14-9-12(10-16(20)13-3-8-21-11-13)1-2-15(14)19-6-4-18-5-7-19/h1-2,9,13,18H,3-8,10-11H2. The van der Waals surface area contributed by atoms with Crippen molar-refractivity contribution in [3.05, 3.63) is 29.6 Å². The van der Waals surface area contributed by atoms with Crippen molar-refractivity contribution < 1.29 is 13.9 Å². The Kier molecular flexibility index (Phi) is 4.51. The first-order chi connectivity index (χ1) is 10.2. The molecule has 0 spiro atoms. The molecule has 0 aliphatic carbocycles. The fourth-order valence-electron chi connectivity index (χ4n) is 2.96. The second-order valence-corrected chi connectivity index (χ2v) is 5.73. The molecular weight excluding hydrogens is 271 g/mol. The maximum atomic E-state index is 14.3. The van der Waals surface area contributed by atoms with E-state index in [4.69, 9.17) is 4.74 Å². The monoisotopic (exact) mass is 292 g/mol. The molecule has 0 aromatic heterocycles. The van der Waals surface area contributed by atoms with Gasteiger partial charge in [0.1, 0.15) is 11.6 Å². The van der Waals surface area contributed by atoms with Crippen molar-refractivity contribution >= 4 is 11.5 Å². The number of hydrogen-bond acceptors (Lipinski definition) is 4. The predicted octanol–water partition coefficient (Wildman–Crippen LogP) is 1.38. The summed E-state index contributed by atoms with van der Waals surface area (Å²) >= 11 is 0. The van der Waals surface area contributed by atoms with Crippen LogP contribution in [-0.2, 0) is 16.0 Å². The number of ketones is 1. The van der Waals surface area contributed by atoms with Crippen molar-refractivity contribution in [1.82, 2.24) is 5.32 Å². The van der Waals surface area contributed by atoms with E-state index in [0.717, 1.165) is 38.2 Å². The quantitative estimate of drug-likeness (QED) is 0.910. The first kappa shape index (κ1) is 14.5. The summed E-state index contributed by atoms with van der Waals surface area (Å²) in [6.45, 7) is 4.55. The lowest BCUT2D eigenvalue weighted by molar-refractivity contribution is -0.122. The lowest BCUT2D eigenvalue weighted by Crippen LogP contribution is -2.43. The first-order valence-corrected chi connectivity index (χ1v) is 7.58. The van der Waals surface area contributed by atoms with Crippen molar-refractivity contribution in [2.24, 2.45) is 5.92 Å². The molecule has 3 rings (SSSR count). The highest BCUT2D eigenvalue weighted by molar-refractivity contribution is 5.83. The molecule has 2 fully saturated rings. The van der Waals surface area contributed by atoms with E-state index in [1.54, 1.807) is 6.07 Å². The van der Waals surface area contributed by atoms with Gasteiger partial charge in [-0.1, -0.05) is 6.07 Å². The largest absolute Gasteiger partial charge is 0.381 e. The predicted molar refractivity (Wildman–Crippen MR) is 79.1 cm³/mol. The van der Waals surface area contributed by atoms with E-state index in [-0.39, 0.29) is 17.5 Å². The Labute approximate surface area is 124 Å². The average Bonchev–Trinajstić information content (AvgIpc) is 3.02. The van der Waals surface area contributed by atoms with Gasteiger partial charge in [0.25, 0.3) is 0 Å². The van der Waals surface area contributed by atoms with E-state index in [9.17, 15) is 9.18 Å². The molecule has 1 N–H and O–H groups in total. The molecule has 2 heterocycles. The van der Waals surface area contributed by atoms with Crippen LogP contribution >= 0.6 is 0 Å². The molecule has 2 aliphatic rings. The van der Waals surface area contributed by atoms with Gasteiger partial charge in [0.2, 0.25) is 0 Å². The summed E-state index contributed by atoms with van der Waals surface area (Å²) in [5.41, 5.74) is 1.39. The second kappa shape index (κ2) is 6.54. The highest BCUT2D eigenvalue weighted by Gasteiger charge is 2.23. The Morgan fingerprint density at radius 1 is 1.38 bits per heavy atom. The van der Waals surface area contributed by atoms with Crippen LogP contribution in [0.3, 0.4) is 0 Å². The van der Waals surface area contributed by atoms with Gasteiger partial charge in [0.15, 0.2) is 0 Å². The molecule has 1 aromatic carbocycles. The molecule has 2 aliphatic heterocycles. The summed E-state index contributed by atoms with van der Waals surface area (Å²) in [4.78, 5) is 14.1. The van der Waals surface area contributed by atoms with Gasteiger partial charge in [-0.05, 0) is 24.1 Å². The van der Waals surface area contributed by atoms with Crippen LogP contribution in [0.2, 0.25) is 0 Å². The third-order valence-electron chi connectivity index (χ3n) is 4.23. The Hall–Kier alpha value is -1.46. The van der Waals surface area contributed by atoms with Gasteiger partial charge in [-0.25, -0.2) is 4.39 Å². The number of Topliss-reactive ketones (excluding diaryl/α,β-unsaturated/α-hetero) is 1. The normalized spacial score (nSPS) is 22.5. The zero-order chi connectivity index (χ0) is 14.7. The summed E-state index contributed by atoms with van der Waals surface area (Å²) in [5.74, 6) is -0.0902. The lowest BCUT2D eigenvalue weighted by Gasteiger charge is -2.29. The van der Waals surface area contributed by atoms with Crippen molar-refractivity contribution in [1.29, 1.82) is 0 Å². The van der Waals surface area contributed by atoms with Crippen LogP contribution in [0, 0.1) is 11.7 Å². The first-order valence-electron chi connectivity index (χ1n) is 7.58. The van der Waals surface area contributed by atoms with Gasteiger partial charge in [-0.15, -0.1) is 0 Å². The van der Waals surface area contributed by atoms with E-state index >= 15 is 0 Å². The molecule has 0 bridgehead atoms. The molecule has 4 nitrogen and oxygen atoms in total. The highest BCUT2D eigenvalue weighted by atomic mass is 19.1. The Bertz CT molecular complexity index is 509. The topological polar surface area (TPSA) is 41.6 Å². The number of halogens is 1. The molecule has 2 saturated heterocycles. The van der Waals surface area contributed by atoms with Crippen LogP contribution in [0.1, 0.15) is 12.0 Å². The van der Waals surface area contributed by atoms with Gasteiger partial charge in [0, 0.05) is 45.1 Å². The van der Waals surface area contributed by atoms with Crippen LogP contribution in [0.5, 0.6) is 0 Å². The SMILES string of the molecule is O=C(Cc1ccc(N2CCNCC2)c(F)c1)C1CCOC1. The molecule has 21 heavy (non-hydrogen) atoms. The minimum Gasteiger partial charge on any atom is -0.381 e. The summed E-state index contributed by atoms with van der Waals surface area (Å²) in [5, 5.41) is 3.25. The average molecular weight is 292 g/mol. The summed E-state index contributed by atoms with van der Waals surface area (Å²) < 4.78 is 19.5. The number of carbonyl (C=O) groups excluding carboxylic acids is 1. The molecule has 0 saturated carbocycles. The maximum absolute atomic E-state index is 14.3. The summed E-state index contributed by atoms with van der Waals surface area (Å²) in [7, 11) is 0. The van der Waals surface area contributed by atoms with Crippen LogP contribution in [0.25, 0.3) is 0 Å². The second-order valence-electron chi connectivity index (χ2n) is 5.73. The molecule has 1 unspecified atom stereocenters. The fourth-order valence-corrected chi connectivity index (χ4v) is 2.96. The molecule has 0 radical (unpaired) electrons. The van der Waals surface area contributed by atoms with Gasteiger partial charge < -0.3 is 15.0 Å². The molecule has 1 aromatic rings. The van der Waals surface area contributed by atoms with Crippen LogP contribution in [0.4, 0.5) is 10.1 Å². The number of benzene rings is 1. The zero-order valence-corrected chi connectivity index (χ0v) is 12.1. The van der Waals surface area contributed by atoms with E-state index < -0.39 is 0 Å². The molecule has 0 amide bonds. The number of piperazine rings is 1.